The monoisotopic (exact) mass is 280 g/mol. The van der Waals surface area contributed by atoms with Crippen molar-refractivity contribution < 1.29 is 9.90 Å². The zero-order valence-corrected chi connectivity index (χ0v) is 12.5. The average molecular weight is 280 g/mol. The first kappa shape index (κ1) is 16.4. The molecule has 0 aliphatic carbocycles. The number of hydrogen-bond donors (Lipinski definition) is 2. The number of hydrogen-bond acceptors (Lipinski definition) is 3. The molecule has 5 heteroatoms. The van der Waals surface area contributed by atoms with Gasteiger partial charge in [0, 0.05) is 18.3 Å². The van der Waals surface area contributed by atoms with Crippen LogP contribution < -0.4 is 11.3 Å². The highest BCUT2D eigenvalue weighted by molar-refractivity contribution is 5.87. The Morgan fingerprint density at radius 3 is 2.55 bits per heavy atom. The molecule has 0 saturated heterocycles. The van der Waals surface area contributed by atoms with Gasteiger partial charge in [0.1, 0.15) is 5.56 Å². The number of aromatic nitrogens is 1. The maximum atomic E-state index is 12.2. The van der Waals surface area contributed by atoms with Gasteiger partial charge in [-0.3, -0.25) is 4.79 Å². The van der Waals surface area contributed by atoms with Crippen LogP contribution in [0.4, 0.5) is 0 Å². The Bertz CT molecular complexity index is 535. The third kappa shape index (κ3) is 3.48. The van der Waals surface area contributed by atoms with E-state index < -0.39 is 11.5 Å². The predicted molar refractivity (Wildman–Crippen MR) is 79.1 cm³/mol. The van der Waals surface area contributed by atoms with Gasteiger partial charge in [-0.2, -0.15) is 0 Å². The number of rotatable bonds is 7. The third-order valence-corrected chi connectivity index (χ3v) is 3.56. The molecule has 1 heterocycles. The van der Waals surface area contributed by atoms with Gasteiger partial charge >= 0.3 is 5.97 Å². The number of aromatic carboxylic acids is 1. The van der Waals surface area contributed by atoms with Gasteiger partial charge in [0.25, 0.3) is 5.56 Å². The van der Waals surface area contributed by atoms with E-state index in [-0.39, 0.29) is 11.6 Å². The van der Waals surface area contributed by atoms with E-state index in [0.717, 1.165) is 36.9 Å². The first-order valence-electron chi connectivity index (χ1n) is 7.17. The maximum Gasteiger partial charge on any atom is 0.341 e. The zero-order chi connectivity index (χ0) is 15.3. The first-order valence-corrected chi connectivity index (χ1v) is 7.17. The van der Waals surface area contributed by atoms with Gasteiger partial charge in [-0.25, -0.2) is 4.79 Å². The lowest BCUT2D eigenvalue weighted by Gasteiger charge is -2.19. The Hall–Kier alpha value is -1.62. The quantitative estimate of drug-likeness (QED) is 0.803. The molecule has 0 fully saturated rings. The number of pyridine rings is 1. The molecule has 1 unspecified atom stereocenters. The summed E-state index contributed by atoms with van der Waals surface area (Å²) >= 11 is 0. The Labute approximate surface area is 119 Å². The summed E-state index contributed by atoms with van der Waals surface area (Å²) in [6.07, 6.45) is 3.47. The van der Waals surface area contributed by atoms with Gasteiger partial charge in [0.15, 0.2) is 0 Å². The molecule has 5 nitrogen and oxygen atoms in total. The van der Waals surface area contributed by atoms with Gasteiger partial charge in [0.2, 0.25) is 0 Å². The molecular weight excluding hydrogens is 256 g/mol. The summed E-state index contributed by atoms with van der Waals surface area (Å²) in [7, 11) is 0. The Balaban J connectivity index is 3.41. The second-order valence-corrected chi connectivity index (χ2v) is 5.11. The predicted octanol–water partition coefficient (Wildman–Crippen LogP) is 2.45. The molecule has 3 N–H and O–H groups in total. The lowest BCUT2D eigenvalue weighted by Crippen LogP contribution is -2.31. The number of carboxylic acid groups (broad SMARTS) is 1. The average Bonchev–Trinajstić information content (AvgIpc) is 2.38. The molecule has 1 aromatic heterocycles. The van der Waals surface area contributed by atoms with Crippen LogP contribution in [-0.2, 0) is 6.54 Å². The van der Waals surface area contributed by atoms with Crippen LogP contribution >= 0.6 is 0 Å². The largest absolute Gasteiger partial charge is 0.477 e. The van der Waals surface area contributed by atoms with E-state index in [2.05, 4.69) is 0 Å². The molecule has 1 rings (SSSR count). The summed E-state index contributed by atoms with van der Waals surface area (Å²) in [6, 6.07) is 1.22. The van der Waals surface area contributed by atoms with E-state index in [9.17, 15) is 14.7 Å². The molecule has 112 valence electrons. The standard InChI is InChI=1S/C15H24N2O3/c1-4-6-8-17-10(3)11(13(16)7-5-2)9-12(14(17)18)15(19)20/h9,13H,4-8,16H2,1-3H3,(H,19,20). The molecule has 1 atom stereocenters. The van der Waals surface area contributed by atoms with Crippen LogP contribution in [0.1, 0.15) is 67.2 Å². The van der Waals surface area contributed by atoms with Crippen LogP contribution in [0.25, 0.3) is 0 Å². The second kappa shape index (κ2) is 7.24. The highest BCUT2D eigenvalue weighted by atomic mass is 16.4. The van der Waals surface area contributed by atoms with Crippen molar-refractivity contribution in [3.05, 3.63) is 33.2 Å². The number of carbonyl (C=O) groups is 1. The molecule has 1 aromatic rings. The molecule has 0 aliphatic rings. The van der Waals surface area contributed by atoms with Gasteiger partial charge in [-0.1, -0.05) is 26.7 Å². The van der Waals surface area contributed by atoms with Crippen molar-refractivity contribution >= 4 is 5.97 Å². The summed E-state index contributed by atoms with van der Waals surface area (Å²) in [5.74, 6) is -1.19. The third-order valence-electron chi connectivity index (χ3n) is 3.56. The molecule has 0 amide bonds. The molecule has 0 radical (unpaired) electrons. The highest BCUT2D eigenvalue weighted by Gasteiger charge is 2.19. The summed E-state index contributed by atoms with van der Waals surface area (Å²) in [5, 5.41) is 9.19. The molecule has 0 spiro atoms. The van der Waals surface area contributed by atoms with E-state index in [1.807, 2.05) is 20.8 Å². The van der Waals surface area contributed by atoms with Gasteiger partial charge in [-0.05, 0) is 31.4 Å². The lowest BCUT2D eigenvalue weighted by molar-refractivity contribution is 0.0694. The smallest absolute Gasteiger partial charge is 0.341 e. The van der Waals surface area contributed by atoms with Crippen LogP contribution in [0.15, 0.2) is 10.9 Å². The van der Waals surface area contributed by atoms with E-state index in [4.69, 9.17) is 5.73 Å². The lowest BCUT2D eigenvalue weighted by atomic mass is 9.99. The summed E-state index contributed by atoms with van der Waals surface area (Å²) < 4.78 is 1.55. The number of unbranched alkanes of at least 4 members (excludes halogenated alkanes) is 1. The van der Waals surface area contributed by atoms with E-state index in [1.165, 1.54) is 6.07 Å². The minimum absolute atomic E-state index is 0.187. The van der Waals surface area contributed by atoms with E-state index in [0.29, 0.717) is 6.54 Å². The Morgan fingerprint density at radius 2 is 2.05 bits per heavy atom. The van der Waals surface area contributed by atoms with Crippen molar-refractivity contribution in [1.82, 2.24) is 4.57 Å². The van der Waals surface area contributed by atoms with E-state index >= 15 is 0 Å². The van der Waals surface area contributed by atoms with Crippen LogP contribution in [0.5, 0.6) is 0 Å². The molecule has 0 bridgehead atoms. The highest BCUT2D eigenvalue weighted by Crippen LogP contribution is 2.20. The summed E-state index contributed by atoms with van der Waals surface area (Å²) in [6.45, 7) is 6.44. The number of carboxylic acids is 1. The van der Waals surface area contributed by atoms with E-state index in [1.54, 1.807) is 4.57 Å². The first-order chi connectivity index (χ1) is 9.43. The second-order valence-electron chi connectivity index (χ2n) is 5.11. The molecule has 20 heavy (non-hydrogen) atoms. The van der Waals surface area contributed by atoms with Crippen molar-refractivity contribution in [2.24, 2.45) is 5.73 Å². The number of nitrogens with two attached hydrogens (primary N) is 1. The van der Waals surface area contributed by atoms with Crippen molar-refractivity contribution in [3.63, 3.8) is 0 Å². The summed E-state index contributed by atoms with van der Waals surface area (Å²) in [5.41, 5.74) is 7.04. The van der Waals surface area contributed by atoms with Crippen LogP contribution in [0.3, 0.4) is 0 Å². The van der Waals surface area contributed by atoms with Crippen LogP contribution in [-0.4, -0.2) is 15.6 Å². The fourth-order valence-corrected chi connectivity index (χ4v) is 2.36. The normalized spacial score (nSPS) is 12.4. The maximum absolute atomic E-state index is 12.2. The zero-order valence-electron chi connectivity index (χ0n) is 12.5. The van der Waals surface area contributed by atoms with Crippen molar-refractivity contribution in [2.45, 2.75) is 59.0 Å². The number of nitrogens with zero attached hydrogens (tertiary/aromatic N) is 1. The minimum atomic E-state index is -1.19. The molecule has 0 aromatic carbocycles. The fraction of sp³-hybridized carbons (Fsp3) is 0.600. The topological polar surface area (TPSA) is 85.3 Å². The van der Waals surface area contributed by atoms with Crippen LogP contribution in [0, 0.1) is 6.92 Å². The Kier molecular flexibility index (Phi) is 5.95. The fourth-order valence-electron chi connectivity index (χ4n) is 2.36. The minimum Gasteiger partial charge on any atom is -0.477 e. The van der Waals surface area contributed by atoms with Crippen LogP contribution in [0.2, 0.25) is 0 Å². The van der Waals surface area contributed by atoms with Gasteiger partial charge in [0.05, 0.1) is 0 Å². The Morgan fingerprint density at radius 1 is 1.40 bits per heavy atom. The molecule has 0 aliphatic heterocycles. The van der Waals surface area contributed by atoms with Gasteiger partial charge in [-0.15, -0.1) is 0 Å². The molecular formula is C15H24N2O3. The van der Waals surface area contributed by atoms with Crippen molar-refractivity contribution in [2.75, 3.05) is 0 Å². The molecule has 0 saturated carbocycles. The summed E-state index contributed by atoms with van der Waals surface area (Å²) in [4.78, 5) is 23.4. The van der Waals surface area contributed by atoms with Crippen molar-refractivity contribution in [3.8, 4) is 0 Å². The van der Waals surface area contributed by atoms with Gasteiger partial charge < -0.3 is 15.4 Å². The van der Waals surface area contributed by atoms with Crippen molar-refractivity contribution in [1.29, 1.82) is 0 Å². The SMILES string of the molecule is CCCCn1c(C)c(C(N)CCC)cc(C(=O)O)c1=O.